The van der Waals surface area contributed by atoms with Gasteiger partial charge in [0.15, 0.2) is 0 Å². The van der Waals surface area contributed by atoms with Crippen molar-refractivity contribution in [2.45, 2.75) is 27.2 Å². The number of rotatable bonds is 5. The minimum Gasteiger partial charge on any atom is -0.491 e. The van der Waals surface area contributed by atoms with Crippen LogP contribution in [-0.2, 0) is 0 Å². The Balaban J connectivity index is 0.00000264. The molecule has 0 heterocycles. The number of nitrogens with two attached hydrogens (primary N) is 1. The molecule has 4 nitrogen and oxygen atoms in total. The highest BCUT2D eigenvalue weighted by Gasteiger charge is 2.12. The Kier molecular flexibility index (Phi) is 6.91. The van der Waals surface area contributed by atoms with Gasteiger partial charge in [0, 0.05) is 11.3 Å². The predicted molar refractivity (Wildman–Crippen MR) is 97.8 cm³/mol. The normalized spacial score (nSPS) is 9.87. The Morgan fingerprint density at radius 3 is 2.61 bits per heavy atom. The molecule has 3 N–H and O–H groups in total. The predicted octanol–water partition coefficient (Wildman–Crippen LogP) is 4.35. The Morgan fingerprint density at radius 1 is 1.17 bits per heavy atom. The van der Waals surface area contributed by atoms with Gasteiger partial charge in [0.25, 0.3) is 5.91 Å². The number of benzene rings is 2. The number of amides is 1. The molecule has 0 unspecified atom stereocenters. The summed E-state index contributed by atoms with van der Waals surface area (Å²) in [5.74, 6) is 0.506. The van der Waals surface area contributed by atoms with Crippen molar-refractivity contribution in [1.82, 2.24) is 0 Å². The number of hydrogen-bond donors (Lipinski definition) is 2. The largest absolute Gasteiger partial charge is 0.491 e. The van der Waals surface area contributed by atoms with E-state index in [2.05, 4.69) is 5.32 Å². The van der Waals surface area contributed by atoms with Crippen LogP contribution in [0.5, 0.6) is 5.75 Å². The minimum atomic E-state index is -0.185. The van der Waals surface area contributed by atoms with Crippen molar-refractivity contribution in [3.05, 3.63) is 53.1 Å². The van der Waals surface area contributed by atoms with Gasteiger partial charge in [-0.2, -0.15) is 0 Å². The lowest BCUT2D eigenvalue weighted by Gasteiger charge is -2.14. The summed E-state index contributed by atoms with van der Waals surface area (Å²) in [6, 6.07) is 11.0. The van der Waals surface area contributed by atoms with E-state index in [1.165, 1.54) is 0 Å². The van der Waals surface area contributed by atoms with E-state index in [-0.39, 0.29) is 18.3 Å². The number of aryl methyl sites for hydroxylation is 2. The summed E-state index contributed by atoms with van der Waals surface area (Å²) in [5, 5.41) is 2.91. The van der Waals surface area contributed by atoms with Crippen molar-refractivity contribution >= 4 is 29.7 Å². The second kappa shape index (κ2) is 8.44. The van der Waals surface area contributed by atoms with E-state index in [1.807, 2.05) is 45.0 Å². The summed E-state index contributed by atoms with van der Waals surface area (Å²) in [5.41, 5.74) is 9.56. The van der Waals surface area contributed by atoms with Crippen molar-refractivity contribution < 1.29 is 9.53 Å². The summed E-state index contributed by atoms with van der Waals surface area (Å²) in [4.78, 5) is 12.5. The molecular formula is C18H23ClN2O2. The molecule has 0 aliphatic rings. The average molecular weight is 335 g/mol. The van der Waals surface area contributed by atoms with Gasteiger partial charge in [-0.25, -0.2) is 0 Å². The number of nitrogens with one attached hydrogen (secondary N) is 1. The van der Waals surface area contributed by atoms with E-state index in [4.69, 9.17) is 10.5 Å². The van der Waals surface area contributed by atoms with E-state index >= 15 is 0 Å². The molecule has 1 amide bonds. The van der Waals surface area contributed by atoms with Gasteiger partial charge in [0.05, 0.1) is 12.3 Å². The zero-order valence-electron chi connectivity index (χ0n) is 13.7. The fraction of sp³-hybridized carbons (Fsp3) is 0.278. The second-order valence-corrected chi connectivity index (χ2v) is 5.38. The van der Waals surface area contributed by atoms with E-state index < -0.39 is 0 Å². The third-order valence-electron chi connectivity index (χ3n) is 3.35. The number of anilines is 2. The van der Waals surface area contributed by atoms with Crippen molar-refractivity contribution in [2.24, 2.45) is 0 Å². The topological polar surface area (TPSA) is 64.3 Å². The lowest BCUT2D eigenvalue weighted by molar-refractivity contribution is 0.102. The van der Waals surface area contributed by atoms with Gasteiger partial charge < -0.3 is 15.8 Å². The quantitative estimate of drug-likeness (QED) is 0.799. The van der Waals surface area contributed by atoms with Crippen LogP contribution in [0.3, 0.4) is 0 Å². The van der Waals surface area contributed by atoms with Crippen LogP contribution in [0.2, 0.25) is 0 Å². The zero-order chi connectivity index (χ0) is 16.1. The van der Waals surface area contributed by atoms with Crippen LogP contribution in [0.4, 0.5) is 11.4 Å². The van der Waals surface area contributed by atoms with E-state index in [0.29, 0.717) is 29.3 Å². The molecule has 0 bridgehead atoms. The molecular weight excluding hydrogens is 312 g/mol. The molecule has 124 valence electrons. The molecule has 0 atom stereocenters. The number of carbonyl (C=O) groups excluding carboxylic acids is 1. The molecule has 5 heteroatoms. The SMILES string of the molecule is CCCOc1cc(C)ccc1NC(=O)c1cc(N)ccc1C.Cl. The van der Waals surface area contributed by atoms with Crippen molar-refractivity contribution in [3.8, 4) is 5.75 Å². The second-order valence-electron chi connectivity index (χ2n) is 5.38. The molecule has 0 aromatic heterocycles. The van der Waals surface area contributed by atoms with Crippen molar-refractivity contribution in [2.75, 3.05) is 17.7 Å². The van der Waals surface area contributed by atoms with Gasteiger partial charge in [-0.15, -0.1) is 12.4 Å². The van der Waals surface area contributed by atoms with E-state index in [1.54, 1.807) is 12.1 Å². The Hall–Kier alpha value is -2.20. The molecule has 2 rings (SSSR count). The first kappa shape index (κ1) is 18.8. The molecule has 0 spiro atoms. The summed E-state index contributed by atoms with van der Waals surface area (Å²) in [6.45, 7) is 6.54. The first-order valence-electron chi connectivity index (χ1n) is 7.42. The smallest absolute Gasteiger partial charge is 0.256 e. The molecule has 0 radical (unpaired) electrons. The molecule has 0 saturated carbocycles. The minimum absolute atomic E-state index is 0. The molecule has 2 aromatic rings. The standard InChI is InChI=1S/C18H22N2O2.ClH/c1-4-9-22-17-10-12(2)5-8-16(17)20-18(21)15-11-14(19)7-6-13(15)3;/h5-8,10-11H,4,9,19H2,1-3H3,(H,20,21);1H. The maximum Gasteiger partial charge on any atom is 0.256 e. The first-order chi connectivity index (χ1) is 10.5. The highest BCUT2D eigenvalue weighted by atomic mass is 35.5. The van der Waals surface area contributed by atoms with Gasteiger partial charge in [0.2, 0.25) is 0 Å². The monoisotopic (exact) mass is 334 g/mol. The number of halogens is 1. The van der Waals surface area contributed by atoms with Crippen LogP contribution >= 0.6 is 12.4 Å². The molecule has 0 aliphatic heterocycles. The highest BCUT2D eigenvalue weighted by molar-refractivity contribution is 6.06. The average Bonchev–Trinajstić information content (AvgIpc) is 2.49. The third-order valence-corrected chi connectivity index (χ3v) is 3.35. The molecule has 0 fully saturated rings. The van der Waals surface area contributed by atoms with Crippen LogP contribution in [0.1, 0.15) is 34.8 Å². The van der Waals surface area contributed by atoms with Crippen LogP contribution in [-0.4, -0.2) is 12.5 Å². The molecule has 23 heavy (non-hydrogen) atoms. The third kappa shape index (κ3) is 4.89. The van der Waals surface area contributed by atoms with Gasteiger partial charge in [-0.1, -0.05) is 19.1 Å². The van der Waals surface area contributed by atoms with Crippen molar-refractivity contribution in [1.29, 1.82) is 0 Å². The maximum atomic E-state index is 12.5. The number of hydrogen-bond acceptors (Lipinski definition) is 3. The summed E-state index contributed by atoms with van der Waals surface area (Å²) in [7, 11) is 0. The Bertz CT molecular complexity index is 687. The fourth-order valence-electron chi connectivity index (χ4n) is 2.14. The zero-order valence-corrected chi connectivity index (χ0v) is 14.5. The number of nitrogen functional groups attached to an aromatic ring is 1. The number of carbonyl (C=O) groups is 1. The lowest BCUT2D eigenvalue weighted by Crippen LogP contribution is -2.15. The van der Waals surface area contributed by atoms with Gasteiger partial charge >= 0.3 is 0 Å². The van der Waals surface area contributed by atoms with Gasteiger partial charge in [-0.05, 0) is 55.7 Å². The summed E-state index contributed by atoms with van der Waals surface area (Å²) < 4.78 is 5.72. The summed E-state index contributed by atoms with van der Waals surface area (Å²) >= 11 is 0. The van der Waals surface area contributed by atoms with E-state index in [0.717, 1.165) is 17.5 Å². The van der Waals surface area contributed by atoms with Crippen LogP contribution in [0.25, 0.3) is 0 Å². The molecule has 0 saturated heterocycles. The number of ether oxygens (including phenoxy) is 1. The van der Waals surface area contributed by atoms with Crippen molar-refractivity contribution in [3.63, 3.8) is 0 Å². The van der Waals surface area contributed by atoms with Crippen LogP contribution < -0.4 is 15.8 Å². The Labute approximate surface area is 143 Å². The molecule has 2 aromatic carbocycles. The molecule has 0 aliphatic carbocycles. The van der Waals surface area contributed by atoms with Gasteiger partial charge in [0.1, 0.15) is 5.75 Å². The first-order valence-corrected chi connectivity index (χ1v) is 7.42. The van der Waals surface area contributed by atoms with Gasteiger partial charge in [-0.3, -0.25) is 4.79 Å². The maximum absolute atomic E-state index is 12.5. The lowest BCUT2D eigenvalue weighted by atomic mass is 10.1. The fourth-order valence-corrected chi connectivity index (χ4v) is 2.14. The van der Waals surface area contributed by atoms with Crippen LogP contribution in [0, 0.1) is 13.8 Å². The van der Waals surface area contributed by atoms with E-state index in [9.17, 15) is 4.79 Å². The Morgan fingerprint density at radius 2 is 1.91 bits per heavy atom. The highest BCUT2D eigenvalue weighted by Crippen LogP contribution is 2.27. The van der Waals surface area contributed by atoms with Crippen LogP contribution in [0.15, 0.2) is 36.4 Å². The summed E-state index contributed by atoms with van der Waals surface area (Å²) in [6.07, 6.45) is 0.912.